The lowest BCUT2D eigenvalue weighted by molar-refractivity contribution is 0.0305. The minimum absolute atomic E-state index is 0.0538. The van der Waals surface area contributed by atoms with Crippen LogP contribution in [0, 0.1) is 6.92 Å². The van der Waals surface area contributed by atoms with Crippen molar-refractivity contribution in [3.05, 3.63) is 34.8 Å². The highest BCUT2D eigenvalue weighted by Gasteiger charge is 2.23. The van der Waals surface area contributed by atoms with E-state index in [9.17, 15) is 4.79 Å². The van der Waals surface area contributed by atoms with Crippen LogP contribution in [0.1, 0.15) is 15.4 Å². The molecule has 1 aliphatic heterocycles. The Hall–Kier alpha value is -1.92. The number of thiazole rings is 1. The molecule has 6 heteroatoms. The molecular formula is C16H18N2O3S. The van der Waals surface area contributed by atoms with Crippen molar-refractivity contribution in [3.8, 4) is 16.3 Å². The molecule has 0 atom stereocenters. The number of methoxy groups -OCH3 is 1. The number of nitrogens with zero attached hydrogens (tertiary/aromatic N) is 2. The molecule has 1 aromatic heterocycles. The van der Waals surface area contributed by atoms with Crippen LogP contribution in [0.3, 0.4) is 0 Å². The predicted molar refractivity (Wildman–Crippen MR) is 85.6 cm³/mol. The smallest absolute Gasteiger partial charge is 0.266 e. The molecule has 0 unspecified atom stereocenters. The molecule has 0 saturated carbocycles. The van der Waals surface area contributed by atoms with Crippen molar-refractivity contribution in [1.29, 1.82) is 0 Å². The SMILES string of the molecule is COc1ccc(-c2nc(C)c(C(=O)N3CCOCC3)s2)cc1. The standard InChI is InChI=1S/C16H18N2O3S/c1-11-14(16(19)18-7-9-21-10-8-18)22-15(17-11)12-3-5-13(20-2)6-4-12/h3-6H,7-10H2,1-2H3. The molecule has 0 N–H and O–H groups in total. The van der Waals surface area contributed by atoms with Gasteiger partial charge in [0.25, 0.3) is 5.91 Å². The van der Waals surface area contributed by atoms with Gasteiger partial charge in [0, 0.05) is 18.7 Å². The molecule has 0 spiro atoms. The highest BCUT2D eigenvalue weighted by Crippen LogP contribution is 2.30. The van der Waals surface area contributed by atoms with Gasteiger partial charge in [0.05, 0.1) is 26.0 Å². The molecule has 5 nitrogen and oxygen atoms in total. The van der Waals surface area contributed by atoms with Gasteiger partial charge in [0.2, 0.25) is 0 Å². The van der Waals surface area contributed by atoms with Crippen LogP contribution in [0.4, 0.5) is 0 Å². The third kappa shape index (κ3) is 2.98. The fraction of sp³-hybridized carbons (Fsp3) is 0.375. The zero-order valence-electron chi connectivity index (χ0n) is 12.7. The van der Waals surface area contributed by atoms with E-state index in [1.54, 1.807) is 7.11 Å². The third-order valence-electron chi connectivity index (χ3n) is 3.63. The van der Waals surface area contributed by atoms with Gasteiger partial charge in [-0.25, -0.2) is 4.98 Å². The molecule has 116 valence electrons. The summed E-state index contributed by atoms with van der Waals surface area (Å²) in [6.45, 7) is 4.39. The molecule has 2 heterocycles. The van der Waals surface area contributed by atoms with Crippen LogP contribution >= 0.6 is 11.3 Å². The molecule has 1 aromatic carbocycles. The second kappa shape index (κ2) is 6.46. The molecule has 1 amide bonds. The first-order valence-electron chi connectivity index (χ1n) is 7.18. The van der Waals surface area contributed by atoms with Crippen LogP contribution in [0.2, 0.25) is 0 Å². The number of aromatic nitrogens is 1. The minimum atomic E-state index is 0.0538. The van der Waals surface area contributed by atoms with Gasteiger partial charge in [-0.15, -0.1) is 11.3 Å². The molecule has 0 radical (unpaired) electrons. The van der Waals surface area contributed by atoms with Gasteiger partial charge < -0.3 is 14.4 Å². The Kier molecular flexibility index (Phi) is 4.40. The molecule has 1 fully saturated rings. The van der Waals surface area contributed by atoms with E-state index in [0.29, 0.717) is 31.2 Å². The summed E-state index contributed by atoms with van der Waals surface area (Å²) >= 11 is 1.44. The number of aryl methyl sites for hydroxylation is 1. The minimum Gasteiger partial charge on any atom is -0.497 e. The summed E-state index contributed by atoms with van der Waals surface area (Å²) < 4.78 is 10.5. The van der Waals surface area contributed by atoms with Crippen LogP contribution in [0.25, 0.3) is 10.6 Å². The van der Waals surface area contributed by atoms with Gasteiger partial charge >= 0.3 is 0 Å². The van der Waals surface area contributed by atoms with Crippen LogP contribution in [-0.4, -0.2) is 49.2 Å². The van der Waals surface area contributed by atoms with Crippen molar-refractivity contribution in [2.45, 2.75) is 6.92 Å². The fourth-order valence-electron chi connectivity index (χ4n) is 2.36. The molecular weight excluding hydrogens is 300 g/mol. The van der Waals surface area contributed by atoms with Crippen molar-refractivity contribution in [3.63, 3.8) is 0 Å². The number of hydrogen-bond donors (Lipinski definition) is 0. The van der Waals surface area contributed by atoms with Crippen LogP contribution in [0.5, 0.6) is 5.75 Å². The van der Waals surface area contributed by atoms with Gasteiger partial charge in [0.1, 0.15) is 15.6 Å². The van der Waals surface area contributed by atoms with Gasteiger partial charge in [0.15, 0.2) is 0 Å². The zero-order chi connectivity index (χ0) is 15.5. The molecule has 0 bridgehead atoms. The second-order valence-corrected chi connectivity index (χ2v) is 6.07. The molecule has 1 saturated heterocycles. The quantitative estimate of drug-likeness (QED) is 0.873. The molecule has 22 heavy (non-hydrogen) atoms. The number of ether oxygens (including phenoxy) is 2. The summed E-state index contributed by atoms with van der Waals surface area (Å²) in [5, 5.41) is 0.858. The summed E-state index contributed by atoms with van der Waals surface area (Å²) in [7, 11) is 1.64. The van der Waals surface area contributed by atoms with Gasteiger partial charge in [-0.2, -0.15) is 0 Å². The first-order valence-corrected chi connectivity index (χ1v) is 7.99. The maximum atomic E-state index is 12.6. The van der Waals surface area contributed by atoms with E-state index in [0.717, 1.165) is 22.0 Å². The second-order valence-electron chi connectivity index (χ2n) is 5.07. The third-order valence-corrected chi connectivity index (χ3v) is 4.82. The number of carbonyl (C=O) groups excluding carboxylic acids is 1. The maximum absolute atomic E-state index is 12.6. The highest BCUT2D eigenvalue weighted by atomic mass is 32.1. The normalized spacial score (nSPS) is 14.9. The van der Waals surface area contributed by atoms with E-state index in [4.69, 9.17) is 9.47 Å². The molecule has 3 rings (SSSR count). The predicted octanol–water partition coefficient (Wildman–Crippen LogP) is 2.60. The number of hydrogen-bond acceptors (Lipinski definition) is 5. The van der Waals surface area contributed by atoms with E-state index < -0.39 is 0 Å². The van der Waals surface area contributed by atoms with Gasteiger partial charge in [-0.1, -0.05) is 0 Å². The summed E-state index contributed by atoms with van der Waals surface area (Å²) in [6, 6.07) is 7.71. The van der Waals surface area contributed by atoms with Crippen molar-refractivity contribution in [2.75, 3.05) is 33.4 Å². The molecule has 1 aliphatic rings. The average Bonchev–Trinajstić information content (AvgIpc) is 2.97. The fourth-order valence-corrected chi connectivity index (χ4v) is 3.40. The Bertz CT molecular complexity index is 661. The van der Waals surface area contributed by atoms with Crippen molar-refractivity contribution in [1.82, 2.24) is 9.88 Å². The monoisotopic (exact) mass is 318 g/mol. The number of carbonyl (C=O) groups is 1. The van der Waals surface area contributed by atoms with E-state index in [-0.39, 0.29) is 5.91 Å². The number of benzene rings is 1. The lowest BCUT2D eigenvalue weighted by atomic mass is 10.2. The topological polar surface area (TPSA) is 51.7 Å². The largest absolute Gasteiger partial charge is 0.497 e. The number of morpholine rings is 1. The highest BCUT2D eigenvalue weighted by molar-refractivity contribution is 7.17. The Morgan fingerprint density at radius 3 is 2.59 bits per heavy atom. The Morgan fingerprint density at radius 1 is 1.27 bits per heavy atom. The van der Waals surface area contributed by atoms with E-state index in [1.165, 1.54) is 11.3 Å². The Labute approximate surface area is 133 Å². The average molecular weight is 318 g/mol. The summed E-state index contributed by atoms with van der Waals surface area (Å²) in [4.78, 5) is 19.7. The van der Waals surface area contributed by atoms with Crippen molar-refractivity contribution in [2.24, 2.45) is 0 Å². The van der Waals surface area contributed by atoms with Crippen molar-refractivity contribution < 1.29 is 14.3 Å². The number of rotatable bonds is 3. The van der Waals surface area contributed by atoms with Crippen molar-refractivity contribution >= 4 is 17.2 Å². The Morgan fingerprint density at radius 2 is 1.95 bits per heavy atom. The first-order chi connectivity index (χ1) is 10.7. The summed E-state index contributed by atoms with van der Waals surface area (Å²) in [5.74, 6) is 0.861. The molecule has 2 aromatic rings. The zero-order valence-corrected chi connectivity index (χ0v) is 13.5. The number of amides is 1. The first kappa shape index (κ1) is 15.0. The lowest BCUT2D eigenvalue weighted by Gasteiger charge is -2.26. The summed E-state index contributed by atoms with van der Waals surface area (Å²) in [5.41, 5.74) is 1.78. The van der Waals surface area contributed by atoms with E-state index in [2.05, 4.69) is 4.98 Å². The maximum Gasteiger partial charge on any atom is 0.266 e. The van der Waals surface area contributed by atoms with E-state index in [1.807, 2.05) is 36.1 Å². The van der Waals surface area contributed by atoms with Gasteiger partial charge in [-0.3, -0.25) is 4.79 Å². The lowest BCUT2D eigenvalue weighted by Crippen LogP contribution is -2.40. The van der Waals surface area contributed by atoms with Crippen LogP contribution in [0.15, 0.2) is 24.3 Å². The summed E-state index contributed by atoms with van der Waals surface area (Å²) in [6.07, 6.45) is 0. The van der Waals surface area contributed by atoms with Crippen LogP contribution < -0.4 is 4.74 Å². The van der Waals surface area contributed by atoms with E-state index >= 15 is 0 Å². The van der Waals surface area contributed by atoms with Gasteiger partial charge in [-0.05, 0) is 31.2 Å². The molecule has 0 aliphatic carbocycles. The van der Waals surface area contributed by atoms with Crippen LogP contribution in [-0.2, 0) is 4.74 Å². The Balaban J connectivity index is 1.84.